The number of rotatable bonds is 13. The molecule has 0 atom stereocenters. The van der Waals surface area contributed by atoms with Crippen LogP contribution in [0.3, 0.4) is 0 Å². The van der Waals surface area contributed by atoms with E-state index in [1.54, 1.807) is 0 Å². The van der Waals surface area contributed by atoms with E-state index in [4.69, 9.17) is 0 Å². The summed E-state index contributed by atoms with van der Waals surface area (Å²) in [4.78, 5) is 0. The third kappa shape index (κ3) is 15.5. The molecule has 0 aromatic carbocycles. The van der Waals surface area contributed by atoms with Gasteiger partial charge in [-0.15, -0.1) is 0 Å². The van der Waals surface area contributed by atoms with Gasteiger partial charge >= 0.3 is 0 Å². The number of nitrogens with one attached hydrogen (secondary N) is 2. The highest BCUT2D eigenvalue weighted by Crippen LogP contribution is 2.05. The van der Waals surface area contributed by atoms with Crippen molar-refractivity contribution in [1.82, 2.24) is 10.6 Å². The molecule has 0 aromatic heterocycles. The van der Waals surface area contributed by atoms with Gasteiger partial charge in [0.1, 0.15) is 0 Å². The Hall–Kier alpha value is -0.500. The van der Waals surface area contributed by atoms with Gasteiger partial charge in [-0.25, -0.2) is 0 Å². The first-order valence-electron chi connectivity index (χ1n) is 7.44. The molecule has 0 saturated heterocycles. The summed E-state index contributed by atoms with van der Waals surface area (Å²) in [6.07, 6.45) is 16.4. The van der Waals surface area contributed by atoms with Gasteiger partial charge in [-0.3, -0.25) is 0 Å². The number of hydrogen-bond donors (Lipinski definition) is 2. The minimum atomic E-state index is 1.13. The molecule has 0 aliphatic carbocycles. The first kappa shape index (κ1) is 16.5. The van der Waals surface area contributed by atoms with Crippen molar-refractivity contribution in [2.24, 2.45) is 0 Å². The molecule has 0 bridgehead atoms. The number of hydrogen-bond acceptors (Lipinski definition) is 2. The molecule has 0 aliphatic rings. The van der Waals surface area contributed by atoms with Gasteiger partial charge in [0.25, 0.3) is 0 Å². The Morgan fingerprint density at radius 3 is 2.29 bits per heavy atom. The Kier molecular flexibility index (Phi) is 15.0. The van der Waals surface area contributed by atoms with Crippen LogP contribution in [0.5, 0.6) is 0 Å². The second-order valence-corrected chi connectivity index (χ2v) is 4.72. The fraction of sp³-hybridized carbons (Fsp3) is 0.867. The van der Waals surface area contributed by atoms with Crippen LogP contribution in [-0.2, 0) is 0 Å². The molecule has 0 rings (SSSR count). The Bertz CT molecular complexity index is 155. The van der Waals surface area contributed by atoms with Crippen molar-refractivity contribution in [3.05, 3.63) is 12.3 Å². The molecule has 2 heteroatoms. The first-order valence-corrected chi connectivity index (χ1v) is 7.44. The minimum Gasteiger partial charge on any atom is -0.391 e. The van der Waals surface area contributed by atoms with Gasteiger partial charge in [0.2, 0.25) is 0 Å². The minimum absolute atomic E-state index is 1.13. The fourth-order valence-electron chi connectivity index (χ4n) is 1.82. The van der Waals surface area contributed by atoms with E-state index in [0.717, 1.165) is 6.54 Å². The van der Waals surface area contributed by atoms with Crippen LogP contribution in [0.25, 0.3) is 0 Å². The van der Waals surface area contributed by atoms with Crippen LogP contribution in [0.4, 0.5) is 0 Å². The summed E-state index contributed by atoms with van der Waals surface area (Å²) < 4.78 is 0. The Morgan fingerprint density at radius 1 is 0.824 bits per heavy atom. The van der Waals surface area contributed by atoms with Crippen molar-refractivity contribution in [2.75, 3.05) is 20.1 Å². The molecular formula is C15H32N2. The molecule has 2 nitrogen and oxygen atoms in total. The van der Waals surface area contributed by atoms with E-state index in [2.05, 4.69) is 29.8 Å². The van der Waals surface area contributed by atoms with Gasteiger partial charge in [0.15, 0.2) is 0 Å². The fourth-order valence-corrected chi connectivity index (χ4v) is 1.82. The molecule has 0 radical (unpaired) electrons. The lowest BCUT2D eigenvalue weighted by molar-refractivity contribution is 0.599. The molecule has 0 fully saturated rings. The Balaban J connectivity index is 2.99. The van der Waals surface area contributed by atoms with Crippen molar-refractivity contribution in [2.45, 2.75) is 64.7 Å². The van der Waals surface area contributed by atoms with E-state index >= 15 is 0 Å². The van der Waals surface area contributed by atoms with Crippen molar-refractivity contribution in [3.8, 4) is 0 Å². The lowest BCUT2D eigenvalue weighted by Crippen LogP contribution is -2.06. The normalized spacial score (nSPS) is 11.2. The Labute approximate surface area is 108 Å². The second kappa shape index (κ2) is 15.5. The highest BCUT2D eigenvalue weighted by molar-refractivity contribution is 4.78. The molecule has 2 N–H and O–H groups in total. The van der Waals surface area contributed by atoms with E-state index < -0.39 is 0 Å². The summed E-state index contributed by atoms with van der Waals surface area (Å²) in [5, 5.41) is 6.54. The second-order valence-electron chi connectivity index (χ2n) is 4.72. The van der Waals surface area contributed by atoms with E-state index in [0.29, 0.717) is 0 Å². The predicted octanol–water partition coefficient (Wildman–Crippen LogP) is 3.84. The zero-order chi connectivity index (χ0) is 12.6. The maximum Gasteiger partial charge on any atom is 0.0141 e. The van der Waals surface area contributed by atoms with Crippen molar-refractivity contribution >= 4 is 0 Å². The zero-order valence-corrected chi connectivity index (χ0v) is 11.9. The van der Waals surface area contributed by atoms with Gasteiger partial charge in [0.05, 0.1) is 0 Å². The van der Waals surface area contributed by atoms with Gasteiger partial charge in [-0.2, -0.15) is 0 Å². The van der Waals surface area contributed by atoms with E-state index in [1.165, 1.54) is 64.3 Å². The Morgan fingerprint density at radius 2 is 1.53 bits per heavy atom. The zero-order valence-electron chi connectivity index (χ0n) is 11.9. The smallest absolute Gasteiger partial charge is 0.0141 e. The van der Waals surface area contributed by atoms with Crippen molar-refractivity contribution in [3.63, 3.8) is 0 Å². The summed E-state index contributed by atoms with van der Waals surface area (Å²) in [6.45, 7) is 4.54. The SMILES string of the molecule is CCCCCN/C=C/CCCCCCCNC. The van der Waals surface area contributed by atoms with E-state index in [1.807, 2.05) is 7.05 Å². The van der Waals surface area contributed by atoms with Crippen LogP contribution in [0.1, 0.15) is 64.7 Å². The lowest BCUT2D eigenvalue weighted by Gasteiger charge is -2.00. The molecule has 17 heavy (non-hydrogen) atoms. The number of allylic oxidation sites excluding steroid dienone is 1. The average molecular weight is 240 g/mol. The summed E-state index contributed by atoms with van der Waals surface area (Å²) in [7, 11) is 2.03. The average Bonchev–Trinajstić information content (AvgIpc) is 2.35. The third-order valence-corrected chi connectivity index (χ3v) is 2.96. The maximum absolute atomic E-state index is 3.35. The van der Waals surface area contributed by atoms with Gasteiger partial charge in [-0.05, 0) is 45.5 Å². The summed E-state index contributed by atoms with van der Waals surface area (Å²) in [5.74, 6) is 0. The van der Waals surface area contributed by atoms with Crippen LogP contribution < -0.4 is 10.6 Å². The van der Waals surface area contributed by atoms with Crippen LogP contribution in [0.15, 0.2) is 12.3 Å². The van der Waals surface area contributed by atoms with E-state index in [9.17, 15) is 0 Å². The summed E-state index contributed by atoms with van der Waals surface area (Å²) in [5.41, 5.74) is 0. The highest BCUT2D eigenvalue weighted by Gasteiger charge is 1.89. The molecule has 0 aromatic rings. The largest absolute Gasteiger partial charge is 0.391 e. The molecule has 0 amide bonds. The molecule has 0 saturated carbocycles. The van der Waals surface area contributed by atoms with Crippen molar-refractivity contribution in [1.29, 1.82) is 0 Å². The van der Waals surface area contributed by atoms with Gasteiger partial charge < -0.3 is 10.6 Å². The topological polar surface area (TPSA) is 24.1 Å². The monoisotopic (exact) mass is 240 g/mol. The standard InChI is InChI=1S/C15H32N2/c1-3-4-10-14-17-15-12-9-7-5-6-8-11-13-16-2/h12,15-17H,3-11,13-14H2,1-2H3/b15-12+. The number of unbranched alkanes of at least 4 members (excludes halogenated alkanes) is 7. The van der Waals surface area contributed by atoms with Crippen LogP contribution in [0, 0.1) is 0 Å². The molecule has 0 spiro atoms. The molecule has 0 heterocycles. The molecular weight excluding hydrogens is 208 g/mol. The van der Waals surface area contributed by atoms with Crippen LogP contribution in [0.2, 0.25) is 0 Å². The highest BCUT2D eigenvalue weighted by atomic mass is 14.8. The summed E-state index contributed by atoms with van der Waals surface area (Å²) >= 11 is 0. The quantitative estimate of drug-likeness (QED) is 0.478. The molecule has 0 unspecified atom stereocenters. The lowest BCUT2D eigenvalue weighted by atomic mass is 10.1. The summed E-state index contributed by atoms with van der Waals surface area (Å²) in [6, 6.07) is 0. The van der Waals surface area contributed by atoms with Gasteiger partial charge in [-0.1, -0.05) is 45.1 Å². The van der Waals surface area contributed by atoms with Crippen LogP contribution >= 0.6 is 0 Å². The van der Waals surface area contributed by atoms with Crippen molar-refractivity contribution < 1.29 is 0 Å². The third-order valence-electron chi connectivity index (χ3n) is 2.96. The van der Waals surface area contributed by atoms with Crippen LogP contribution in [-0.4, -0.2) is 20.1 Å². The molecule has 0 aliphatic heterocycles. The first-order chi connectivity index (χ1) is 8.41. The molecule has 102 valence electrons. The maximum atomic E-state index is 3.35. The predicted molar refractivity (Wildman–Crippen MR) is 78.3 cm³/mol. The van der Waals surface area contributed by atoms with Gasteiger partial charge in [0, 0.05) is 6.54 Å². The van der Waals surface area contributed by atoms with E-state index in [-0.39, 0.29) is 0 Å².